The van der Waals surface area contributed by atoms with Crippen molar-refractivity contribution in [1.82, 2.24) is 0 Å². The van der Waals surface area contributed by atoms with Gasteiger partial charge in [0.05, 0.1) is 27.1 Å². The summed E-state index contributed by atoms with van der Waals surface area (Å²) in [5, 5.41) is 9.07. The summed E-state index contributed by atoms with van der Waals surface area (Å²) in [4.78, 5) is 22.0. The average Bonchev–Trinajstić information content (AvgIpc) is 2.12. The number of likely N-dealkylation sites (N-methyl/N-ethyl adjacent to an activating group) is 1. The van der Waals surface area contributed by atoms with Gasteiger partial charge in [0.1, 0.15) is 12.3 Å². The number of rotatable bonds is 5. The SMILES string of the molecule is C=C(C)C(=O)[N+](C)(C)C(CO)CC=O.[Cl-]. The zero-order valence-corrected chi connectivity index (χ0v) is 10.1. The molecule has 0 heterocycles. The fraction of sp³-hybridized carbons (Fsp3) is 0.600. The molecule has 1 atom stereocenters. The lowest BCUT2D eigenvalue weighted by atomic mass is 10.1. The van der Waals surface area contributed by atoms with E-state index < -0.39 is 6.04 Å². The molecule has 1 unspecified atom stereocenters. The van der Waals surface area contributed by atoms with E-state index in [2.05, 4.69) is 6.58 Å². The van der Waals surface area contributed by atoms with Gasteiger partial charge in [-0.2, -0.15) is 0 Å². The maximum absolute atomic E-state index is 11.7. The molecule has 1 amide bonds. The molecule has 0 aromatic rings. The summed E-state index contributed by atoms with van der Waals surface area (Å²) in [5.74, 6) is -0.161. The third kappa shape index (κ3) is 4.11. The molecule has 0 spiro atoms. The zero-order chi connectivity index (χ0) is 11.4. The van der Waals surface area contributed by atoms with E-state index in [4.69, 9.17) is 5.11 Å². The van der Waals surface area contributed by atoms with Crippen LogP contribution < -0.4 is 12.4 Å². The van der Waals surface area contributed by atoms with Gasteiger partial charge >= 0.3 is 5.91 Å². The number of nitrogens with zero attached hydrogens (tertiary/aromatic N) is 1. The second-order valence-corrected chi connectivity index (χ2v) is 3.86. The first-order valence-electron chi connectivity index (χ1n) is 4.46. The van der Waals surface area contributed by atoms with E-state index in [0.29, 0.717) is 11.9 Å². The smallest absolute Gasteiger partial charge is 0.340 e. The number of carbonyl (C=O) groups is 2. The Morgan fingerprint density at radius 3 is 2.27 bits per heavy atom. The Bertz CT molecular complexity index is 251. The summed E-state index contributed by atoms with van der Waals surface area (Å²) >= 11 is 0. The molecule has 0 aliphatic carbocycles. The Kier molecular flexibility index (Phi) is 7.48. The van der Waals surface area contributed by atoms with Crippen LogP contribution in [-0.4, -0.2) is 48.5 Å². The first-order valence-corrected chi connectivity index (χ1v) is 4.46. The summed E-state index contributed by atoms with van der Waals surface area (Å²) < 4.78 is -0.0371. The van der Waals surface area contributed by atoms with Crippen molar-refractivity contribution in [2.75, 3.05) is 20.7 Å². The van der Waals surface area contributed by atoms with Gasteiger partial charge in [-0.05, 0) is 6.92 Å². The Morgan fingerprint density at radius 1 is 1.53 bits per heavy atom. The molecule has 0 fully saturated rings. The number of carbonyl (C=O) groups excluding carboxylic acids is 2. The minimum absolute atomic E-state index is 0. The van der Waals surface area contributed by atoms with Crippen LogP contribution in [0.1, 0.15) is 13.3 Å². The van der Waals surface area contributed by atoms with E-state index in [1.54, 1.807) is 21.0 Å². The number of aliphatic hydroxyl groups excluding tert-OH is 1. The Morgan fingerprint density at radius 2 is 2.00 bits per heavy atom. The van der Waals surface area contributed by atoms with Crippen molar-refractivity contribution in [1.29, 1.82) is 0 Å². The molecule has 0 aromatic carbocycles. The van der Waals surface area contributed by atoms with E-state index >= 15 is 0 Å². The number of halogens is 1. The van der Waals surface area contributed by atoms with E-state index in [9.17, 15) is 9.59 Å². The molecule has 0 bridgehead atoms. The highest BCUT2D eigenvalue weighted by atomic mass is 35.5. The number of amides is 1. The molecule has 0 radical (unpaired) electrons. The predicted molar refractivity (Wildman–Crippen MR) is 53.5 cm³/mol. The van der Waals surface area contributed by atoms with Crippen molar-refractivity contribution in [3.05, 3.63) is 12.2 Å². The quantitative estimate of drug-likeness (QED) is 0.317. The summed E-state index contributed by atoms with van der Waals surface area (Å²) in [6, 6.07) is -0.392. The van der Waals surface area contributed by atoms with Crippen LogP contribution in [0.15, 0.2) is 12.2 Å². The standard InChI is InChI=1S/C10H18NO3.ClH/c1-8(2)10(14)11(3,4)9(7-13)5-6-12;/h6,9,13H,1,5,7H2,2-4H3;1H/q+1;/p-1. The Hall–Kier alpha value is -0.710. The molecule has 0 saturated carbocycles. The molecule has 5 heteroatoms. The van der Waals surface area contributed by atoms with Gasteiger partial charge in [-0.15, -0.1) is 0 Å². The first kappa shape index (κ1) is 16.7. The minimum Gasteiger partial charge on any atom is -1.00 e. The summed E-state index contributed by atoms with van der Waals surface area (Å²) in [5.41, 5.74) is 0.430. The van der Waals surface area contributed by atoms with Crippen LogP contribution >= 0.6 is 0 Å². The maximum atomic E-state index is 11.7. The second kappa shape index (κ2) is 6.71. The molecule has 0 saturated heterocycles. The fourth-order valence-corrected chi connectivity index (χ4v) is 1.31. The first-order chi connectivity index (χ1) is 6.37. The van der Waals surface area contributed by atoms with Gasteiger partial charge in [-0.3, -0.25) is 4.48 Å². The third-order valence-corrected chi connectivity index (χ3v) is 2.38. The molecule has 88 valence electrons. The maximum Gasteiger partial charge on any atom is 0.340 e. The highest BCUT2D eigenvalue weighted by Gasteiger charge is 2.35. The lowest BCUT2D eigenvalue weighted by Gasteiger charge is -2.33. The van der Waals surface area contributed by atoms with Crippen molar-refractivity contribution in [3.8, 4) is 0 Å². The third-order valence-electron chi connectivity index (χ3n) is 2.38. The fourth-order valence-electron chi connectivity index (χ4n) is 1.31. The van der Waals surface area contributed by atoms with Crippen LogP contribution in [0, 0.1) is 0 Å². The van der Waals surface area contributed by atoms with Gasteiger partial charge in [0.25, 0.3) is 0 Å². The van der Waals surface area contributed by atoms with Crippen molar-refractivity contribution < 1.29 is 31.6 Å². The molecule has 0 aliphatic heterocycles. The number of quaternary nitrogens is 1. The van der Waals surface area contributed by atoms with Crippen molar-refractivity contribution in [2.24, 2.45) is 0 Å². The van der Waals surface area contributed by atoms with Crippen molar-refractivity contribution in [3.63, 3.8) is 0 Å². The van der Waals surface area contributed by atoms with Crippen molar-refractivity contribution >= 4 is 12.2 Å². The van der Waals surface area contributed by atoms with Gasteiger partial charge in [0.2, 0.25) is 0 Å². The van der Waals surface area contributed by atoms with E-state index in [0.717, 1.165) is 0 Å². The normalized spacial score (nSPS) is 12.5. The van der Waals surface area contributed by atoms with Gasteiger partial charge in [-0.25, -0.2) is 4.79 Å². The van der Waals surface area contributed by atoms with Gasteiger partial charge < -0.3 is 22.3 Å². The van der Waals surface area contributed by atoms with Gasteiger partial charge in [-0.1, -0.05) is 6.58 Å². The van der Waals surface area contributed by atoms with Crippen LogP contribution in [0.5, 0.6) is 0 Å². The Balaban J connectivity index is 0. The van der Waals surface area contributed by atoms with E-state index in [-0.39, 0.29) is 35.8 Å². The number of aliphatic hydroxyl groups is 1. The molecule has 1 N–H and O–H groups in total. The molecule has 0 rings (SSSR count). The van der Waals surface area contributed by atoms with Gasteiger partial charge in [0.15, 0.2) is 0 Å². The Labute approximate surface area is 96.6 Å². The minimum atomic E-state index is -0.392. The lowest BCUT2D eigenvalue weighted by Crippen LogP contribution is -3.00. The number of hydrogen-bond donors (Lipinski definition) is 1. The van der Waals surface area contributed by atoms with Crippen LogP contribution in [0.25, 0.3) is 0 Å². The van der Waals surface area contributed by atoms with Crippen LogP contribution in [0.2, 0.25) is 0 Å². The zero-order valence-electron chi connectivity index (χ0n) is 9.36. The van der Waals surface area contributed by atoms with Crippen LogP contribution in [0.3, 0.4) is 0 Å². The van der Waals surface area contributed by atoms with E-state index in [1.165, 1.54) is 0 Å². The summed E-state index contributed by atoms with van der Waals surface area (Å²) in [6.45, 7) is 5.00. The average molecular weight is 236 g/mol. The molecule has 4 nitrogen and oxygen atoms in total. The summed E-state index contributed by atoms with van der Waals surface area (Å²) in [6.07, 6.45) is 0.884. The molecule has 0 aliphatic rings. The highest BCUT2D eigenvalue weighted by molar-refractivity contribution is 5.86. The molecular formula is C10H18ClNO3. The summed E-state index contributed by atoms with van der Waals surface area (Å²) in [7, 11) is 3.34. The molecular weight excluding hydrogens is 218 g/mol. The largest absolute Gasteiger partial charge is 1.00 e. The topological polar surface area (TPSA) is 54.4 Å². The molecule has 0 aromatic heterocycles. The lowest BCUT2D eigenvalue weighted by molar-refractivity contribution is -0.838. The second-order valence-electron chi connectivity index (χ2n) is 3.86. The predicted octanol–water partition coefficient (Wildman–Crippen LogP) is -2.88. The molecule has 15 heavy (non-hydrogen) atoms. The number of hydrogen-bond acceptors (Lipinski definition) is 3. The van der Waals surface area contributed by atoms with Gasteiger partial charge in [0, 0.05) is 5.57 Å². The van der Waals surface area contributed by atoms with E-state index in [1.807, 2.05) is 0 Å². The van der Waals surface area contributed by atoms with Crippen molar-refractivity contribution in [2.45, 2.75) is 19.4 Å². The van der Waals surface area contributed by atoms with Crippen LogP contribution in [-0.2, 0) is 9.59 Å². The monoisotopic (exact) mass is 235 g/mol. The van der Waals surface area contributed by atoms with Crippen LogP contribution in [0.4, 0.5) is 0 Å². The highest BCUT2D eigenvalue weighted by Crippen LogP contribution is 2.13. The number of aldehydes is 1.